The van der Waals surface area contributed by atoms with E-state index in [2.05, 4.69) is 24.1 Å². The normalized spacial score (nSPS) is 22.9. The summed E-state index contributed by atoms with van der Waals surface area (Å²) in [4.78, 5) is 54.0. The van der Waals surface area contributed by atoms with E-state index in [4.69, 9.17) is 28.3 Å². The Morgan fingerprint density at radius 3 is 1.39 bits per heavy atom. The molecule has 338 valence electrons. The monoisotopic (exact) mass is 880 g/mol. The second-order valence-electron chi connectivity index (χ2n) is 15.2. The van der Waals surface area contributed by atoms with Crippen molar-refractivity contribution in [3.63, 3.8) is 0 Å². The number of unbranched alkanes of at least 4 members (excludes halogenated alkanes) is 21. The molecule has 0 aromatic rings. The molecule has 0 spiro atoms. The van der Waals surface area contributed by atoms with E-state index in [9.17, 15) is 44.0 Å². The van der Waals surface area contributed by atoms with Crippen LogP contribution < -0.4 is 0 Å². The first-order valence-electron chi connectivity index (χ1n) is 21.2. The molecular weight excluding hydrogens is 806 g/mol. The van der Waals surface area contributed by atoms with E-state index in [1.165, 1.54) is 77.0 Å². The lowest BCUT2D eigenvalue weighted by Gasteiger charge is -2.43. The number of thiol groups is 1. The highest BCUT2D eigenvalue weighted by Crippen LogP contribution is 2.49. The molecule has 8 atom stereocenters. The molecular formula is C38H74O16P2S. The van der Waals surface area contributed by atoms with Gasteiger partial charge in [-0.25, -0.2) is 9.13 Å². The number of esters is 2. The molecule has 0 amide bonds. The summed E-state index contributed by atoms with van der Waals surface area (Å²) in [5.41, 5.74) is 0. The van der Waals surface area contributed by atoms with E-state index >= 15 is 0 Å². The molecule has 0 aromatic carbocycles. The number of carbonyl (C=O) groups excluding carboxylic acids is 2. The van der Waals surface area contributed by atoms with Crippen LogP contribution in [0.25, 0.3) is 0 Å². The molecule has 1 rings (SSSR count). The average molecular weight is 881 g/mol. The van der Waals surface area contributed by atoms with E-state index in [0.29, 0.717) is 12.8 Å². The topological polar surface area (TPSA) is 256 Å². The SMILES string of the molecule is CCCCCCCCCCCCCCCC(=O)O[C@H](COC(=O)CCCCCCCCCCCCS)COP(=O)(O)OC1C(O)[C@@H](OP(=O)(O)O)C(O)[C@@H](O)[C@H]1O. The molecule has 7 N–H and O–H groups in total. The van der Waals surface area contributed by atoms with Crippen molar-refractivity contribution < 1.29 is 76.9 Å². The van der Waals surface area contributed by atoms with E-state index in [1.54, 1.807) is 0 Å². The molecule has 57 heavy (non-hydrogen) atoms. The maximum absolute atomic E-state index is 12.9. The molecule has 1 aliphatic rings. The highest BCUT2D eigenvalue weighted by molar-refractivity contribution is 7.80. The third-order valence-corrected chi connectivity index (χ3v) is 11.8. The van der Waals surface area contributed by atoms with Gasteiger partial charge in [0.15, 0.2) is 6.10 Å². The Morgan fingerprint density at radius 1 is 0.544 bits per heavy atom. The standard InChI is InChI=1S/C38H74O16P2S/c1-2-3-4-5-6-7-8-9-10-14-17-20-23-26-32(40)52-30(28-50-31(39)25-22-19-16-13-11-12-15-18-21-24-27-57)29-51-56(48,49)54-38-35(43)33(41)34(42)37(36(38)44)53-55(45,46)47/h30,33-38,41-44,57H,2-29H2,1H3,(H,48,49)(H2,45,46,47)/t30-,33-,34?,35-,36?,37+,38?/m1/s1. The molecule has 0 aromatic heterocycles. The Balaban J connectivity index is 2.64. The summed E-state index contributed by atoms with van der Waals surface area (Å²) in [5.74, 6) is -0.286. The van der Waals surface area contributed by atoms with Crippen LogP contribution in [0, 0.1) is 0 Å². The summed E-state index contributed by atoms with van der Waals surface area (Å²) < 4.78 is 49.2. The number of phosphoric acid groups is 2. The summed E-state index contributed by atoms with van der Waals surface area (Å²) >= 11 is 4.23. The number of aliphatic hydroxyl groups excluding tert-OH is 4. The fourth-order valence-electron chi connectivity index (χ4n) is 6.65. The molecule has 1 saturated carbocycles. The van der Waals surface area contributed by atoms with Crippen molar-refractivity contribution in [2.75, 3.05) is 19.0 Å². The van der Waals surface area contributed by atoms with Crippen LogP contribution in [0.2, 0.25) is 0 Å². The Bertz CT molecular complexity index is 1150. The number of rotatable bonds is 36. The molecule has 1 aliphatic carbocycles. The lowest BCUT2D eigenvalue weighted by molar-refractivity contribution is -0.216. The van der Waals surface area contributed by atoms with Crippen molar-refractivity contribution in [2.45, 2.75) is 210 Å². The van der Waals surface area contributed by atoms with Gasteiger partial charge in [-0.05, 0) is 25.0 Å². The van der Waals surface area contributed by atoms with Gasteiger partial charge < -0.3 is 44.6 Å². The first-order valence-corrected chi connectivity index (χ1v) is 24.9. The molecule has 0 bridgehead atoms. The van der Waals surface area contributed by atoms with Crippen molar-refractivity contribution in [3.8, 4) is 0 Å². The van der Waals surface area contributed by atoms with Gasteiger partial charge in [-0.1, -0.05) is 135 Å². The minimum absolute atomic E-state index is 0.0484. The second-order valence-corrected chi connectivity index (χ2v) is 18.2. The Labute approximate surface area is 345 Å². The van der Waals surface area contributed by atoms with Crippen LogP contribution in [0.5, 0.6) is 0 Å². The van der Waals surface area contributed by atoms with Gasteiger partial charge in [0.1, 0.15) is 43.2 Å². The van der Waals surface area contributed by atoms with Gasteiger partial charge in [0.2, 0.25) is 0 Å². The quantitative estimate of drug-likeness (QED) is 0.0143. The van der Waals surface area contributed by atoms with E-state index in [-0.39, 0.29) is 12.8 Å². The number of aliphatic hydroxyl groups is 4. The molecule has 19 heteroatoms. The zero-order valence-electron chi connectivity index (χ0n) is 34.0. The van der Waals surface area contributed by atoms with Crippen LogP contribution in [0.15, 0.2) is 0 Å². The summed E-state index contributed by atoms with van der Waals surface area (Å²) in [7, 11) is -10.6. The van der Waals surface area contributed by atoms with Crippen LogP contribution in [-0.4, -0.2) is 109 Å². The van der Waals surface area contributed by atoms with Crippen molar-refractivity contribution in [1.82, 2.24) is 0 Å². The second kappa shape index (κ2) is 32.1. The van der Waals surface area contributed by atoms with Crippen LogP contribution in [0.3, 0.4) is 0 Å². The third kappa shape index (κ3) is 27.0. The smallest absolute Gasteiger partial charge is 0.462 e. The minimum Gasteiger partial charge on any atom is -0.462 e. The lowest BCUT2D eigenvalue weighted by atomic mass is 9.85. The van der Waals surface area contributed by atoms with Crippen molar-refractivity contribution in [3.05, 3.63) is 0 Å². The molecule has 0 radical (unpaired) electrons. The summed E-state index contributed by atoms with van der Waals surface area (Å²) in [5, 5.41) is 41.1. The van der Waals surface area contributed by atoms with E-state index < -0.39 is 83.5 Å². The Morgan fingerprint density at radius 2 is 0.947 bits per heavy atom. The number of ether oxygens (including phenoxy) is 2. The number of carbonyl (C=O) groups is 2. The maximum atomic E-state index is 12.9. The lowest BCUT2D eigenvalue weighted by Crippen LogP contribution is -2.64. The van der Waals surface area contributed by atoms with Crippen molar-refractivity contribution in [2.24, 2.45) is 0 Å². The molecule has 16 nitrogen and oxygen atoms in total. The van der Waals surface area contributed by atoms with Gasteiger partial charge >= 0.3 is 27.6 Å². The predicted octanol–water partition coefficient (Wildman–Crippen LogP) is 6.58. The molecule has 1 fully saturated rings. The van der Waals surface area contributed by atoms with Gasteiger partial charge in [0.25, 0.3) is 0 Å². The molecule has 0 heterocycles. The first-order chi connectivity index (χ1) is 27.1. The van der Waals surface area contributed by atoms with Crippen molar-refractivity contribution in [1.29, 1.82) is 0 Å². The highest BCUT2D eigenvalue weighted by Gasteiger charge is 2.54. The molecule has 0 saturated heterocycles. The van der Waals surface area contributed by atoms with Gasteiger partial charge in [-0.2, -0.15) is 12.6 Å². The zero-order valence-corrected chi connectivity index (χ0v) is 36.7. The predicted molar refractivity (Wildman–Crippen MR) is 217 cm³/mol. The summed E-state index contributed by atoms with van der Waals surface area (Å²) in [6, 6.07) is 0. The first kappa shape index (κ1) is 54.4. The third-order valence-electron chi connectivity index (χ3n) is 9.99. The van der Waals surface area contributed by atoms with Crippen LogP contribution in [0.1, 0.15) is 167 Å². The largest absolute Gasteiger partial charge is 0.472 e. The summed E-state index contributed by atoms with van der Waals surface area (Å²) in [6.07, 6.45) is 10.6. The number of hydrogen-bond acceptors (Lipinski definition) is 14. The van der Waals surface area contributed by atoms with Gasteiger partial charge in [-0.15, -0.1) is 0 Å². The number of phosphoric ester groups is 2. The van der Waals surface area contributed by atoms with E-state index in [0.717, 1.165) is 63.5 Å². The maximum Gasteiger partial charge on any atom is 0.472 e. The number of hydrogen-bond donors (Lipinski definition) is 8. The van der Waals surface area contributed by atoms with Crippen molar-refractivity contribution >= 4 is 40.2 Å². The Hall–Kier alpha value is -0.650. The average Bonchev–Trinajstić information content (AvgIpc) is 3.16. The zero-order chi connectivity index (χ0) is 42.5. The van der Waals surface area contributed by atoms with Crippen LogP contribution in [-0.2, 0) is 41.8 Å². The highest BCUT2D eigenvalue weighted by atomic mass is 32.1. The molecule has 0 aliphatic heterocycles. The van der Waals surface area contributed by atoms with E-state index in [1.807, 2.05) is 0 Å². The van der Waals surface area contributed by atoms with Gasteiger partial charge in [-0.3, -0.25) is 23.2 Å². The van der Waals surface area contributed by atoms with Crippen LogP contribution in [0.4, 0.5) is 0 Å². The van der Waals surface area contributed by atoms with Gasteiger partial charge in [0.05, 0.1) is 6.61 Å². The molecule has 4 unspecified atom stereocenters. The minimum atomic E-state index is -5.35. The van der Waals surface area contributed by atoms with Gasteiger partial charge in [0, 0.05) is 12.8 Å². The fraction of sp³-hybridized carbons (Fsp3) is 0.947. The summed E-state index contributed by atoms with van der Waals surface area (Å²) in [6.45, 7) is 0.878. The fourth-order valence-corrected chi connectivity index (χ4v) is 8.42. The van der Waals surface area contributed by atoms with Crippen LogP contribution >= 0.6 is 28.3 Å². The Kier molecular flexibility index (Phi) is 30.6.